The predicted molar refractivity (Wildman–Crippen MR) is 150 cm³/mol. The molecule has 1 aromatic carbocycles. The van der Waals surface area contributed by atoms with Crippen LogP contribution in [0.25, 0.3) is 0 Å². The molecule has 2 N–H and O–H groups in total. The monoisotopic (exact) mass is 544 g/mol. The van der Waals surface area contributed by atoms with Crippen LogP contribution in [0.4, 0.5) is 4.39 Å². The fourth-order valence-corrected chi connectivity index (χ4v) is 3.36. The van der Waals surface area contributed by atoms with Crippen LogP contribution in [0.2, 0.25) is 0 Å². The molecule has 1 aromatic heterocycles. The highest BCUT2D eigenvalue weighted by molar-refractivity contribution is 7.84. The van der Waals surface area contributed by atoms with Crippen LogP contribution >= 0.6 is 0 Å². The minimum Gasteiger partial charge on any atom is -0.371 e. The lowest BCUT2D eigenvalue weighted by Gasteiger charge is -2.24. The highest BCUT2D eigenvalue weighted by atomic mass is 32.2. The maximum Gasteiger partial charge on any atom is 0.380 e. The molecular formula is C27H37FN6O3S. The smallest absolute Gasteiger partial charge is 0.371 e. The lowest BCUT2D eigenvalue weighted by Crippen LogP contribution is -2.33. The van der Waals surface area contributed by atoms with Crippen molar-refractivity contribution in [2.45, 2.75) is 47.6 Å². The third-order valence-electron chi connectivity index (χ3n) is 4.44. The van der Waals surface area contributed by atoms with Crippen molar-refractivity contribution >= 4 is 10.3 Å². The molecule has 2 aromatic rings. The molecule has 0 saturated heterocycles. The van der Waals surface area contributed by atoms with E-state index in [0.29, 0.717) is 12.0 Å². The van der Waals surface area contributed by atoms with Crippen molar-refractivity contribution in [2.75, 3.05) is 11.6 Å². The summed E-state index contributed by atoms with van der Waals surface area (Å²) in [6.07, 6.45) is 12.5. The van der Waals surface area contributed by atoms with E-state index < -0.39 is 16.1 Å². The SMILES string of the molecule is C=C/C=C(C)/C(=C/CN(Cc1ccc(OS(N)(=O)=O)cc1F)n1cnnc1)C(/C#N)=C\CC.C=CC.CC. The van der Waals surface area contributed by atoms with Crippen LogP contribution in [0.1, 0.15) is 46.6 Å². The van der Waals surface area contributed by atoms with E-state index in [-0.39, 0.29) is 24.4 Å². The van der Waals surface area contributed by atoms with E-state index in [2.05, 4.69) is 33.6 Å². The molecule has 11 heteroatoms. The molecule has 9 nitrogen and oxygen atoms in total. The van der Waals surface area contributed by atoms with Gasteiger partial charge in [0.05, 0.1) is 24.7 Å². The average Bonchev–Trinajstić information content (AvgIpc) is 3.40. The molecule has 0 radical (unpaired) electrons. The fourth-order valence-electron chi connectivity index (χ4n) is 2.99. The van der Waals surface area contributed by atoms with E-state index in [1.54, 1.807) is 27.9 Å². The minimum atomic E-state index is -4.26. The quantitative estimate of drug-likeness (QED) is 0.232. The molecule has 0 spiro atoms. The van der Waals surface area contributed by atoms with E-state index in [1.807, 2.05) is 46.8 Å². The van der Waals surface area contributed by atoms with Gasteiger partial charge in [-0.15, -0.1) is 16.8 Å². The molecule has 206 valence electrons. The van der Waals surface area contributed by atoms with Gasteiger partial charge < -0.3 is 9.19 Å². The summed E-state index contributed by atoms with van der Waals surface area (Å²) in [5, 5.41) is 23.8. The maximum absolute atomic E-state index is 14.7. The van der Waals surface area contributed by atoms with Crippen LogP contribution in [0.5, 0.6) is 5.75 Å². The zero-order valence-electron chi connectivity index (χ0n) is 22.6. The van der Waals surface area contributed by atoms with Gasteiger partial charge in [0.25, 0.3) is 0 Å². The largest absolute Gasteiger partial charge is 0.380 e. The highest BCUT2D eigenvalue weighted by Crippen LogP contribution is 2.21. The number of nitriles is 1. The van der Waals surface area contributed by atoms with Crippen molar-refractivity contribution < 1.29 is 17.0 Å². The van der Waals surface area contributed by atoms with Crippen LogP contribution in [0.3, 0.4) is 0 Å². The average molecular weight is 545 g/mol. The third-order valence-corrected chi connectivity index (χ3v) is 4.87. The van der Waals surface area contributed by atoms with Crippen LogP contribution in [-0.2, 0) is 16.8 Å². The maximum atomic E-state index is 14.7. The van der Waals surface area contributed by atoms with Crippen molar-refractivity contribution in [1.29, 1.82) is 5.26 Å². The van der Waals surface area contributed by atoms with E-state index in [4.69, 9.17) is 5.14 Å². The molecular weight excluding hydrogens is 507 g/mol. The lowest BCUT2D eigenvalue weighted by atomic mass is 9.98. The van der Waals surface area contributed by atoms with E-state index in [9.17, 15) is 18.1 Å². The van der Waals surface area contributed by atoms with Gasteiger partial charge in [-0.05, 0) is 37.5 Å². The number of nitrogens with zero attached hydrogens (tertiary/aromatic N) is 5. The van der Waals surface area contributed by atoms with Gasteiger partial charge in [0.1, 0.15) is 24.2 Å². The van der Waals surface area contributed by atoms with Crippen LogP contribution in [0.15, 0.2) is 91.1 Å². The van der Waals surface area contributed by atoms with Crippen molar-refractivity contribution in [1.82, 2.24) is 14.9 Å². The summed E-state index contributed by atoms with van der Waals surface area (Å²) in [5.41, 5.74) is 2.37. The number of hydrogen-bond donors (Lipinski definition) is 1. The molecule has 0 saturated carbocycles. The molecule has 0 aliphatic heterocycles. The summed E-state index contributed by atoms with van der Waals surface area (Å²) in [6.45, 7) is 17.2. The van der Waals surface area contributed by atoms with Gasteiger partial charge in [-0.2, -0.15) is 18.8 Å². The Labute approximate surface area is 226 Å². The molecule has 0 amide bonds. The van der Waals surface area contributed by atoms with Crippen LogP contribution in [0, 0.1) is 17.1 Å². The number of aromatic nitrogens is 3. The van der Waals surface area contributed by atoms with Crippen LogP contribution in [-0.4, -0.2) is 29.8 Å². The van der Waals surface area contributed by atoms with Gasteiger partial charge >= 0.3 is 10.3 Å². The van der Waals surface area contributed by atoms with Gasteiger partial charge in [0.15, 0.2) is 0 Å². The Morgan fingerprint density at radius 3 is 2.34 bits per heavy atom. The Morgan fingerprint density at radius 1 is 1.26 bits per heavy atom. The first kappa shape index (κ1) is 34.0. The summed E-state index contributed by atoms with van der Waals surface area (Å²) in [4.78, 5) is 0. The molecule has 1 heterocycles. The van der Waals surface area contributed by atoms with Crippen molar-refractivity contribution in [3.05, 3.63) is 102 Å². The number of nitrogens with two attached hydrogens (primary N) is 1. The number of hydrogen-bond acceptors (Lipinski definition) is 7. The molecule has 2 rings (SSSR count). The zero-order chi connectivity index (χ0) is 29.1. The van der Waals surface area contributed by atoms with Crippen LogP contribution < -0.4 is 14.3 Å². The van der Waals surface area contributed by atoms with Crippen molar-refractivity contribution in [2.24, 2.45) is 5.14 Å². The Hall–Kier alpha value is -4.01. The second-order valence-corrected chi connectivity index (χ2v) is 8.42. The molecule has 38 heavy (non-hydrogen) atoms. The first-order valence-electron chi connectivity index (χ1n) is 11.9. The topological polar surface area (TPSA) is 127 Å². The summed E-state index contributed by atoms with van der Waals surface area (Å²) in [6, 6.07) is 5.87. The molecule has 0 aliphatic carbocycles. The van der Waals surface area contributed by atoms with E-state index in [0.717, 1.165) is 17.2 Å². The van der Waals surface area contributed by atoms with Gasteiger partial charge in [0, 0.05) is 11.6 Å². The van der Waals surface area contributed by atoms with Gasteiger partial charge in [-0.1, -0.05) is 63.8 Å². The van der Waals surface area contributed by atoms with Gasteiger partial charge in [-0.25, -0.2) is 9.07 Å². The summed E-state index contributed by atoms with van der Waals surface area (Å²) in [7, 11) is -4.26. The number of benzene rings is 1. The number of rotatable bonds is 11. The van der Waals surface area contributed by atoms with E-state index >= 15 is 0 Å². The summed E-state index contributed by atoms with van der Waals surface area (Å²) in [5.74, 6) is -0.907. The molecule has 0 bridgehead atoms. The predicted octanol–water partition coefficient (Wildman–Crippen LogP) is 5.27. The summed E-state index contributed by atoms with van der Waals surface area (Å²) >= 11 is 0. The Kier molecular flexibility index (Phi) is 16.3. The van der Waals surface area contributed by atoms with E-state index in [1.165, 1.54) is 24.8 Å². The normalized spacial score (nSPS) is 11.7. The Bertz CT molecular complexity index is 1260. The summed E-state index contributed by atoms with van der Waals surface area (Å²) < 4.78 is 42.9. The molecule has 0 fully saturated rings. The fraction of sp³-hybridized carbons (Fsp3) is 0.296. The molecule has 0 unspecified atom stereocenters. The Balaban J connectivity index is 0.00000255. The first-order valence-corrected chi connectivity index (χ1v) is 13.3. The Morgan fingerprint density at radius 2 is 1.87 bits per heavy atom. The minimum absolute atomic E-state index is 0.0902. The molecule has 0 aliphatic rings. The van der Waals surface area contributed by atoms with Gasteiger partial charge in [-0.3, -0.25) is 0 Å². The second kappa shape index (κ2) is 18.3. The number of allylic oxidation sites excluding steroid dienone is 7. The molecule has 0 atom stereocenters. The van der Waals surface area contributed by atoms with Crippen molar-refractivity contribution in [3.63, 3.8) is 0 Å². The number of halogens is 1. The third kappa shape index (κ3) is 12.3. The standard InChI is InChI=1S/C22H25FN6O3S.C3H6.C2H6/c1-4-6-17(3)21(18(13-24)7-5-2)10-11-28(29-15-26-27-16-29)14-19-8-9-20(12-22(19)23)32-33(25,30)31;1-3-2;1-2/h4,6-10,12,15-16H,1,5,11,14H2,2-3H3,(H2,25,30,31);3H,1H2,2H3;1-2H3/b17-6+,18-7-,21-10-;;. The zero-order valence-corrected chi connectivity index (χ0v) is 23.4. The highest BCUT2D eigenvalue weighted by Gasteiger charge is 2.14. The second-order valence-electron chi connectivity index (χ2n) is 7.27. The lowest BCUT2D eigenvalue weighted by molar-refractivity contribution is 0.483. The first-order chi connectivity index (χ1) is 18.1. The van der Waals surface area contributed by atoms with Crippen molar-refractivity contribution in [3.8, 4) is 11.8 Å². The van der Waals surface area contributed by atoms with Gasteiger partial charge in [0.2, 0.25) is 0 Å².